The van der Waals surface area contributed by atoms with Crippen LogP contribution in [0.15, 0.2) is 30.6 Å². The molecule has 0 aromatic carbocycles. The minimum Gasteiger partial charge on any atom is -0.289 e. The Morgan fingerprint density at radius 3 is 2.79 bits per heavy atom. The molecule has 0 saturated carbocycles. The highest BCUT2D eigenvalue weighted by Gasteiger charge is 2.15. The molecule has 98 valence electrons. The molecule has 0 aliphatic heterocycles. The van der Waals surface area contributed by atoms with Gasteiger partial charge >= 0.3 is 0 Å². The first-order chi connectivity index (χ1) is 9.13. The fourth-order valence-corrected chi connectivity index (χ4v) is 2.09. The van der Waals surface area contributed by atoms with E-state index in [0.29, 0.717) is 5.56 Å². The second kappa shape index (κ2) is 5.61. The van der Waals surface area contributed by atoms with E-state index in [9.17, 15) is 4.79 Å². The Bertz CT molecular complexity index is 612. The lowest BCUT2D eigenvalue weighted by molar-refractivity contribution is 0.104. The Morgan fingerprint density at radius 1 is 1.42 bits per heavy atom. The normalized spacial score (nSPS) is 11.1. The van der Waals surface area contributed by atoms with Gasteiger partial charge in [-0.1, -0.05) is 6.07 Å². The summed E-state index contributed by atoms with van der Waals surface area (Å²) in [5, 5.41) is 4.35. The van der Waals surface area contributed by atoms with Crippen molar-refractivity contribution in [3.8, 4) is 0 Å². The minimum atomic E-state index is -0.0152. The average molecular weight is 255 g/mol. The van der Waals surface area contributed by atoms with Crippen molar-refractivity contribution in [3.05, 3.63) is 53.1 Å². The van der Waals surface area contributed by atoms with E-state index in [2.05, 4.69) is 10.1 Å². The van der Waals surface area contributed by atoms with Crippen molar-refractivity contribution < 1.29 is 4.79 Å². The number of nitrogens with zero attached hydrogens (tertiary/aromatic N) is 3. The molecule has 0 aliphatic rings. The highest BCUT2D eigenvalue weighted by atomic mass is 16.1. The van der Waals surface area contributed by atoms with Gasteiger partial charge in [0, 0.05) is 24.6 Å². The summed E-state index contributed by atoms with van der Waals surface area (Å²) in [6, 6.07) is 3.75. The number of carbonyl (C=O) groups excluding carboxylic acids is 1. The van der Waals surface area contributed by atoms with Gasteiger partial charge < -0.3 is 0 Å². The van der Waals surface area contributed by atoms with Gasteiger partial charge in [0.15, 0.2) is 5.78 Å². The van der Waals surface area contributed by atoms with E-state index in [1.165, 1.54) is 0 Å². The third-order valence-corrected chi connectivity index (χ3v) is 3.04. The summed E-state index contributed by atoms with van der Waals surface area (Å²) in [6.07, 6.45) is 6.78. The van der Waals surface area contributed by atoms with Crippen LogP contribution >= 0.6 is 0 Å². The monoisotopic (exact) mass is 255 g/mol. The quantitative estimate of drug-likeness (QED) is 0.623. The number of allylic oxidation sites excluding steroid dienone is 1. The first-order valence-electron chi connectivity index (χ1n) is 6.30. The second-order valence-electron chi connectivity index (χ2n) is 4.35. The van der Waals surface area contributed by atoms with Gasteiger partial charge in [0.25, 0.3) is 0 Å². The molecule has 0 atom stereocenters. The lowest BCUT2D eigenvalue weighted by Crippen LogP contribution is -2.01. The molecule has 0 bridgehead atoms. The van der Waals surface area contributed by atoms with Crippen LogP contribution in [0.1, 0.15) is 34.2 Å². The number of pyridine rings is 1. The largest absolute Gasteiger partial charge is 0.289 e. The summed E-state index contributed by atoms with van der Waals surface area (Å²) in [4.78, 5) is 16.2. The number of rotatable bonds is 4. The molecule has 2 rings (SSSR count). The van der Waals surface area contributed by atoms with E-state index in [1.54, 1.807) is 24.5 Å². The minimum absolute atomic E-state index is 0.0152. The smallest absolute Gasteiger partial charge is 0.189 e. The van der Waals surface area contributed by atoms with E-state index in [0.717, 1.165) is 23.5 Å². The van der Waals surface area contributed by atoms with Crippen molar-refractivity contribution in [2.75, 3.05) is 0 Å². The van der Waals surface area contributed by atoms with Crippen molar-refractivity contribution in [1.82, 2.24) is 14.8 Å². The van der Waals surface area contributed by atoms with E-state index >= 15 is 0 Å². The topological polar surface area (TPSA) is 47.8 Å². The van der Waals surface area contributed by atoms with Crippen LogP contribution < -0.4 is 0 Å². The SMILES string of the molecule is CCn1nc(C)c(C(=O)/C=C/c2cccnc2)c1C. The predicted molar refractivity (Wildman–Crippen MR) is 75.0 cm³/mol. The fourth-order valence-electron chi connectivity index (χ4n) is 2.09. The molecular weight excluding hydrogens is 238 g/mol. The van der Waals surface area contributed by atoms with Gasteiger partial charge in [-0.05, 0) is 44.6 Å². The van der Waals surface area contributed by atoms with Crippen molar-refractivity contribution in [2.45, 2.75) is 27.3 Å². The zero-order chi connectivity index (χ0) is 13.8. The Balaban J connectivity index is 2.26. The number of aromatic nitrogens is 3. The number of hydrogen-bond donors (Lipinski definition) is 0. The molecule has 0 fully saturated rings. The average Bonchev–Trinajstić information content (AvgIpc) is 2.72. The van der Waals surface area contributed by atoms with Crippen LogP contribution in [-0.4, -0.2) is 20.5 Å². The number of ketones is 1. The van der Waals surface area contributed by atoms with Crippen LogP contribution in [0.5, 0.6) is 0 Å². The van der Waals surface area contributed by atoms with E-state index in [1.807, 2.05) is 37.6 Å². The van der Waals surface area contributed by atoms with Gasteiger partial charge in [-0.25, -0.2) is 0 Å². The van der Waals surface area contributed by atoms with Gasteiger partial charge in [0.2, 0.25) is 0 Å². The Labute approximate surface area is 112 Å². The Morgan fingerprint density at radius 2 is 2.21 bits per heavy atom. The molecule has 0 unspecified atom stereocenters. The molecule has 0 N–H and O–H groups in total. The van der Waals surface area contributed by atoms with Crippen LogP contribution in [0.3, 0.4) is 0 Å². The zero-order valence-electron chi connectivity index (χ0n) is 11.4. The van der Waals surface area contributed by atoms with Crippen molar-refractivity contribution in [3.63, 3.8) is 0 Å². The van der Waals surface area contributed by atoms with E-state index < -0.39 is 0 Å². The van der Waals surface area contributed by atoms with E-state index in [-0.39, 0.29) is 5.78 Å². The third-order valence-electron chi connectivity index (χ3n) is 3.04. The molecule has 4 nitrogen and oxygen atoms in total. The van der Waals surface area contributed by atoms with E-state index in [4.69, 9.17) is 0 Å². The summed E-state index contributed by atoms with van der Waals surface area (Å²) in [6.45, 7) is 6.57. The molecule has 0 saturated heterocycles. The maximum Gasteiger partial charge on any atom is 0.189 e. The highest BCUT2D eigenvalue weighted by Crippen LogP contribution is 2.15. The third kappa shape index (κ3) is 2.78. The van der Waals surface area contributed by atoms with Crippen molar-refractivity contribution in [1.29, 1.82) is 0 Å². The lowest BCUT2D eigenvalue weighted by Gasteiger charge is -1.99. The molecule has 2 aromatic rings. The number of hydrogen-bond acceptors (Lipinski definition) is 3. The molecule has 4 heteroatoms. The molecule has 0 spiro atoms. The molecule has 0 amide bonds. The van der Waals surface area contributed by atoms with Crippen LogP contribution in [0.25, 0.3) is 6.08 Å². The first kappa shape index (κ1) is 13.2. The van der Waals surface area contributed by atoms with Crippen LogP contribution in [-0.2, 0) is 6.54 Å². The molecule has 2 aromatic heterocycles. The van der Waals surface area contributed by atoms with Crippen LogP contribution in [0.4, 0.5) is 0 Å². The summed E-state index contributed by atoms with van der Waals surface area (Å²) in [7, 11) is 0. The molecule has 2 heterocycles. The van der Waals surface area contributed by atoms with Gasteiger partial charge in [0.1, 0.15) is 0 Å². The van der Waals surface area contributed by atoms with Crippen molar-refractivity contribution in [2.24, 2.45) is 0 Å². The summed E-state index contributed by atoms with van der Waals surface area (Å²) >= 11 is 0. The van der Waals surface area contributed by atoms with Crippen LogP contribution in [0.2, 0.25) is 0 Å². The van der Waals surface area contributed by atoms with Gasteiger partial charge in [-0.3, -0.25) is 14.5 Å². The lowest BCUT2D eigenvalue weighted by atomic mass is 10.1. The first-order valence-corrected chi connectivity index (χ1v) is 6.30. The standard InChI is InChI=1S/C15H17N3O/c1-4-18-12(3)15(11(2)17-18)14(19)8-7-13-6-5-9-16-10-13/h5-10H,4H2,1-3H3/b8-7+. The van der Waals surface area contributed by atoms with Crippen LogP contribution in [0, 0.1) is 13.8 Å². The summed E-state index contributed by atoms with van der Waals surface area (Å²) in [5.74, 6) is -0.0152. The molecule has 19 heavy (non-hydrogen) atoms. The highest BCUT2D eigenvalue weighted by molar-refractivity contribution is 6.08. The van der Waals surface area contributed by atoms with Gasteiger partial charge in [0.05, 0.1) is 11.3 Å². The second-order valence-corrected chi connectivity index (χ2v) is 4.35. The van der Waals surface area contributed by atoms with Crippen molar-refractivity contribution >= 4 is 11.9 Å². The maximum atomic E-state index is 12.2. The molecule has 0 radical (unpaired) electrons. The number of aryl methyl sites for hydroxylation is 2. The van der Waals surface area contributed by atoms with Gasteiger partial charge in [-0.2, -0.15) is 5.10 Å². The molecule has 0 aliphatic carbocycles. The Kier molecular flexibility index (Phi) is 3.90. The maximum absolute atomic E-state index is 12.2. The number of carbonyl (C=O) groups is 1. The predicted octanol–water partition coefficient (Wildman–Crippen LogP) is 2.81. The van der Waals surface area contributed by atoms with Gasteiger partial charge in [-0.15, -0.1) is 0 Å². The fraction of sp³-hybridized carbons (Fsp3) is 0.267. The Hall–Kier alpha value is -2.23. The molecular formula is C15H17N3O. The summed E-state index contributed by atoms with van der Waals surface area (Å²) < 4.78 is 1.85. The zero-order valence-corrected chi connectivity index (χ0v) is 11.4. The summed E-state index contributed by atoms with van der Waals surface area (Å²) in [5.41, 5.74) is 3.30.